The number of carboxylic acid groups (broad SMARTS) is 2. The van der Waals surface area contributed by atoms with Crippen molar-refractivity contribution in [3.05, 3.63) is 102 Å². The zero-order valence-electron chi connectivity index (χ0n) is 24.8. The summed E-state index contributed by atoms with van der Waals surface area (Å²) in [5.74, 6) is -0.0193. The predicted molar refractivity (Wildman–Crippen MR) is 171 cm³/mol. The molecule has 3 N–H and O–H groups in total. The molecule has 230 valence electrons. The molecule has 1 saturated carbocycles. The number of ether oxygens (including phenoxy) is 1. The van der Waals surface area contributed by atoms with E-state index in [-0.39, 0.29) is 17.7 Å². The lowest BCUT2D eigenvalue weighted by Gasteiger charge is -2.25. The van der Waals surface area contributed by atoms with Gasteiger partial charge < -0.3 is 19.5 Å². The third-order valence-corrected chi connectivity index (χ3v) is 8.53. The highest BCUT2D eigenvalue weighted by Crippen LogP contribution is 2.37. The summed E-state index contributed by atoms with van der Waals surface area (Å²) in [5, 5.41) is 33.3. The van der Waals surface area contributed by atoms with Gasteiger partial charge in [0.1, 0.15) is 18.2 Å². The Morgan fingerprint density at radius 3 is 2.20 bits per heavy atom. The first kappa shape index (κ1) is 28.9. The molecule has 0 aliphatic heterocycles. The maximum Gasteiger partial charge on any atom is 0.335 e. The van der Waals surface area contributed by atoms with Crippen molar-refractivity contribution in [3.63, 3.8) is 0 Å². The van der Waals surface area contributed by atoms with E-state index < -0.39 is 11.9 Å². The fourth-order valence-corrected chi connectivity index (χ4v) is 6.22. The Kier molecular flexibility index (Phi) is 7.71. The lowest BCUT2D eigenvalue weighted by Crippen LogP contribution is -2.14. The topological polar surface area (TPSA) is 156 Å². The zero-order valence-corrected chi connectivity index (χ0v) is 24.8. The average Bonchev–Trinajstić information content (AvgIpc) is 3.76. The van der Waals surface area contributed by atoms with Crippen LogP contribution in [0.2, 0.25) is 0 Å². The van der Waals surface area contributed by atoms with E-state index in [1.165, 1.54) is 37.5 Å². The van der Waals surface area contributed by atoms with Gasteiger partial charge in [0.15, 0.2) is 0 Å². The number of imidazole rings is 1. The third kappa shape index (κ3) is 5.70. The molecule has 1 fully saturated rings. The zero-order chi connectivity index (χ0) is 31.6. The molecule has 4 aromatic carbocycles. The highest BCUT2D eigenvalue weighted by Gasteiger charge is 2.23. The second-order valence-electron chi connectivity index (χ2n) is 11.4. The van der Waals surface area contributed by atoms with Crippen molar-refractivity contribution >= 4 is 23.0 Å². The van der Waals surface area contributed by atoms with E-state index in [9.17, 15) is 19.8 Å². The number of aromatic carboxylic acids is 2. The van der Waals surface area contributed by atoms with Crippen LogP contribution in [0.3, 0.4) is 0 Å². The Morgan fingerprint density at radius 1 is 0.804 bits per heavy atom. The number of aromatic amines is 1. The Morgan fingerprint density at radius 2 is 1.50 bits per heavy atom. The number of H-pyrrole nitrogens is 1. The minimum atomic E-state index is -1.04. The van der Waals surface area contributed by atoms with Gasteiger partial charge in [-0.3, -0.25) is 0 Å². The number of benzene rings is 4. The average molecular weight is 615 g/mol. The molecule has 7 rings (SSSR count). The van der Waals surface area contributed by atoms with E-state index >= 15 is 0 Å². The van der Waals surface area contributed by atoms with Gasteiger partial charge in [0.2, 0.25) is 5.82 Å². The normalized spacial score (nSPS) is 13.6. The van der Waals surface area contributed by atoms with Gasteiger partial charge in [0, 0.05) is 17.2 Å². The van der Waals surface area contributed by atoms with Crippen molar-refractivity contribution in [3.8, 4) is 39.7 Å². The molecule has 1 aliphatic carbocycles. The monoisotopic (exact) mass is 614 g/mol. The number of carbonyl (C=O) groups is 2. The first-order valence-corrected chi connectivity index (χ1v) is 15.1. The van der Waals surface area contributed by atoms with E-state index in [1.807, 2.05) is 36.4 Å². The van der Waals surface area contributed by atoms with Crippen LogP contribution in [0, 0.1) is 0 Å². The van der Waals surface area contributed by atoms with Crippen LogP contribution in [-0.4, -0.2) is 52.3 Å². The predicted octanol–water partition coefficient (Wildman–Crippen LogP) is 7.03. The van der Waals surface area contributed by atoms with Crippen LogP contribution in [0.25, 0.3) is 44.9 Å². The molecule has 0 radical (unpaired) electrons. The minimum Gasteiger partial charge on any atom is -0.489 e. The van der Waals surface area contributed by atoms with Gasteiger partial charge in [-0.25, -0.2) is 14.6 Å². The Labute approximate surface area is 263 Å². The van der Waals surface area contributed by atoms with Crippen LogP contribution in [-0.2, 0) is 6.61 Å². The number of hydrogen-bond donors (Lipinski definition) is 3. The summed E-state index contributed by atoms with van der Waals surface area (Å²) in [7, 11) is 0. The molecule has 46 heavy (non-hydrogen) atoms. The molecule has 2 heterocycles. The molecular weight excluding hydrogens is 584 g/mol. The molecule has 0 bridgehead atoms. The molecule has 0 unspecified atom stereocenters. The summed E-state index contributed by atoms with van der Waals surface area (Å²) in [6, 6.07) is 25.5. The van der Waals surface area contributed by atoms with Gasteiger partial charge in [-0.05, 0) is 101 Å². The summed E-state index contributed by atoms with van der Waals surface area (Å²) in [5.41, 5.74) is 6.25. The van der Waals surface area contributed by atoms with Crippen molar-refractivity contribution in [2.75, 3.05) is 0 Å². The van der Waals surface area contributed by atoms with E-state index in [0.717, 1.165) is 52.0 Å². The third-order valence-electron chi connectivity index (χ3n) is 8.53. The van der Waals surface area contributed by atoms with Gasteiger partial charge >= 0.3 is 11.9 Å². The molecule has 0 amide bonds. The van der Waals surface area contributed by atoms with Crippen LogP contribution in [0.1, 0.15) is 64.4 Å². The maximum absolute atomic E-state index is 11.7. The SMILES string of the molecule is O=C(O)c1ccc(-c2ccc(C(=O)O)cc2COc2ccc(-c3nc4cc(-c5nn[nH]n5)ccc4n3C3CCCCC3)cc2)cc1. The van der Waals surface area contributed by atoms with Gasteiger partial charge in [-0.1, -0.05) is 37.5 Å². The number of rotatable bonds is 9. The fourth-order valence-electron chi connectivity index (χ4n) is 6.22. The number of tetrazole rings is 1. The first-order chi connectivity index (χ1) is 22.4. The van der Waals surface area contributed by atoms with Crippen LogP contribution in [0.15, 0.2) is 84.9 Å². The second-order valence-corrected chi connectivity index (χ2v) is 11.4. The largest absolute Gasteiger partial charge is 0.489 e. The van der Waals surface area contributed by atoms with E-state index in [0.29, 0.717) is 23.2 Å². The van der Waals surface area contributed by atoms with Crippen molar-refractivity contribution in [2.45, 2.75) is 44.8 Å². The van der Waals surface area contributed by atoms with Crippen molar-refractivity contribution in [1.82, 2.24) is 30.2 Å². The number of fused-ring (bicyclic) bond motifs is 1. The van der Waals surface area contributed by atoms with Gasteiger partial charge in [-0.15, -0.1) is 10.2 Å². The number of nitrogens with one attached hydrogen (secondary N) is 1. The summed E-state index contributed by atoms with van der Waals surface area (Å²) in [6.45, 7) is 0.121. The maximum atomic E-state index is 11.7. The smallest absolute Gasteiger partial charge is 0.335 e. The second kappa shape index (κ2) is 12.3. The van der Waals surface area contributed by atoms with Gasteiger partial charge in [0.05, 0.1) is 22.2 Å². The molecule has 0 saturated heterocycles. The van der Waals surface area contributed by atoms with Crippen LogP contribution in [0.5, 0.6) is 5.75 Å². The quantitative estimate of drug-likeness (QED) is 0.156. The van der Waals surface area contributed by atoms with Crippen LogP contribution < -0.4 is 4.74 Å². The summed E-state index contributed by atoms with van der Waals surface area (Å²) in [4.78, 5) is 28.1. The van der Waals surface area contributed by atoms with Crippen LogP contribution in [0.4, 0.5) is 0 Å². The van der Waals surface area contributed by atoms with E-state index in [1.54, 1.807) is 24.3 Å². The molecule has 1 aliphatic rings. The highest BCUT2D eigenvalue weighted by atomic mass is 16.5. The fraction of sp³-hybridized carbons (Fsp3) is 0.200. The van der Waals surface area contributed by atoms with Crippen molar-refractivity contribution in [1.29, 1.82) is 0 Å². The Bertz CT molecular complexity index is 2030. The number of hydrogen-bond acceptors (Lipinski definition) is 7. The number of carboxylic acids is 2. The van der Waals surface area contributed by atoms with Crippen LogP contribution >= 0.6 is 0 Å². The molecule has 11 heteroatoms. The van der Waals surface area contributed by atoms with E-state index in [4.69, 9.17) is 9.72 Å². The van der Waals surface area contributed by atoms with Crippen molar-refractivity contribution < 1.29 is 24.5 Å². The number of nitrogens with zero attached hydrogens (tertiary/aromatic N) is 5. The lowest BCUT2D eigenvalue weighted by molar-refractivity contribution is 0.0686. The summed E-state index contributed by atoms with van der Waals surface area (Å²) in [6.07, 6.45) is 5.82. The molecule has 11 nitrogen and oxygen atoms in total. The van der Waals surface area contributed by atoms with Gasteiger partial charge in [0.25, 0.3) is 0 Å². The molecule has 2 aromatic heterocycles. The lowest BCUT2D eigenvalue weighted by atomic mass is 9.94. The molecule has 0 atom stereocenters. The molecule has 0 spiro atoms. The Hall–Kier alpha value is -5.84. The summed E-state index contributed by atoms with van der Waals surface area (Å²) >= 11 is 0. The van der Waals surface area contributed by atoms with Crippen molar-refractivity contribution in [2.24, 2.45) is 0 Å². The Balaban J connectivity index is 1.18. The highest BCUT2D eigenvalue weighted by molar-refractivity contribution is 5.90. The first-order valence-electron chi connectivity index (χ1n) is 15.1. The van der Waals surface area contributed by atoms with Gasteiger partial charge in [-0.2, -0.15) is 5.21 Å². The summed E-state index contributed by atoms with van der Waals surface area (Å²) < 4.78 is 8.53. The molecule has 6 aromatic rings. The van der Waals surface area contributed by atoms with E-state index in [2.05, 4.69) is 31.3 Å². The standard InChI is InChI=1S/C35H30N6O5/c42-34(43)23-8-6-21(7-9-23)29-16-12-25(35(44)45)18-26(29)20-46-28-14-10-22(11-15-28)33-36-30-19-24(32-37-39-40-38-32)13-17-31(30)41(33)27-4-2-1-3-5-27/h6-19,27H,1-5,20H2,(H,42,43)(H,44,45)(H,37,38,39,40). The molecular formula is C35H30N6O5. The minimum absolute atomic E-state index is 0.121. The number of aromatic nitrogens is 6.